The lowest BCUT2D eigenvalue weighted by molar-refractivity contribution is -0.134. The molecule has 2 saturated heterocycles. The molecule has 0 spiro atoms. The van der Waals surface area contributed by atoms with E-state index in [1.807, 2.05) is 4.90 Å². The highest BCUT2D eigenvalue weighted by atomic mass is 16.5. The molecule has 136 valence electrons. The summed E-state index contributed by atoms with van der Waals surface area (Å²) in [5.41, 5.74) is 2.65. The van der Waals surface area contributed by atoms with E-state index in [1.54, 1.807) is 0 Å². The van der Waals surface area contributed by atoms with Gasteiger partial charge in [-0.2, -0.15) is 0 Å². The highest BCUT2D eigenvalue weighted by Crippen LogP contribution is 2.20. The van der Waals surface area contributed by atoms with Gasteiger partial charge in [-0.05, 0) is 36.3 Å². The van der Waals surface area contributed by atoms with Crippen LogP contribution < -0.4 is 0 Å². The number of carbonyl (C=O) groups excluding carboxylic acids is 1. The third-order valence-electron chi connectivity index (χ3n) is 5.30. The molecule has 2 fully saturated rings. The van der Waals surface area contributed by atoms with Gasteiger partial charge < -0.3 is 9.64 Å². The average molecular weight is 342 g/mol. The molecule has 2 aliphatic heterocycles. The van der Waals surface area contributed by atoms with Crippen molar-refractivity contribution in [3.05, 3.63) is 41.5 Å². The van der Waals surface area contributed by atoms with Crippen molar-refractivity contribution in [2.75, 3.05) is 45.9 Å². The first-order valence-electron chi connectivity index (χ1n) is 9.59. The molecule has 0 bridgehead atoms. The molecule has 0 radical (unpaired) electrons. The Balaban J connectivity index is 1.43. The second-order valence-electron chi connectivity index (χ2n) is 7.06. The molecular formula is C21H30N2O2. The van der Waals surface area contributed by atoms with Crippen molar-refractivity contribution in [3.63, 3.8) is 0 Å². The molecule has 4 heteroatoms. The van der Waals surface area contributed by atoms with E-state index in [1.165, 1.54) is 11.1 Å². The minimum atomic E-state index is 0.277. The molecule has 0 aliphatic carbocycles. The van der Waals surface area contributed by atoms with E-state index in [4.69, 9.17) is 4.74 Å². The summed E-state index contributed by atoms with van der Waals surface area (Å²) in [6, 6.07) is 8.78. The largest absolute Gasteiger partial charge is 0.379 e. The van der Waals surface area contributed by atoms with Crippen LogP contribution in [0.2, 0.25) is 0 Å². The fraction of sp³-hybridized carbons (Fsp3) is 0.571. The molecule has 1 aromatic rings. The maximum Gasteiger partial charge on any atom is 0.236 e. The monoisotopic (exact) mass is 342 g/mol. The molecule has 3 rings (SSSR count). The van der Waals surface area contributed by atoms with E-state index >= 15 is 0 Å². The van der Waals surface area contributed by atoms with Crippen LogP contribution in [0.15, 0.2) is 30.3 Å². The van der Waals surface area contributed by atoms with Crippen LogP contribution in [0.1, 0.15) is 30.9 Å². The minimum Gasteiger partial charge on any atom is -0.379 e. The van der Waals surface area contributed by atoms with Gasteiger partial charge in [-0.15, -0.1) is 0 Å². The molecule has 0 aromatic heterocycles. The zero-order valence-electron chi connectivity index (χ0n) is 15.3. The third-order valence-corrected chi connectivity index (χ3v) is 5.30. The van der Waals surface area contributed by atoms with Gasteiger partial charge in [-0.25, -0.2) is 0 Å². The van der Waals surface area contributed by atoms with Crippen molar-refractivity contribution in [3.8, 4) is 0 Å². The number of nitrogens with zero attached hydrogens (tertiary/aromatic N) is 2. The summed E-state index contributed by atoms with van der Waals surface area (Å²) in [7, 11) is 0. The van der Waals surface area contributed by atoms with Gasteiger partial charge >= 0.3 is 0 Å². The molecule has 0 atom stereocenters. The zero-order chi connectivity index (χ0) is 17.5. The topological polar surface area (TPSA) is 32.8 Å². The molecule has 0 unspecified atom stereocenters. The smallest absolute Gasteiger partial charge is 0.236 e. The highest BCUT2D eigenvalue weighted by Gasteiger charge is 2.23. The Morgan fingerprint density at radius 2 is 1.80 bits per heavy atom. The Morgan fingerprint density at radius 1 is 1.12 bits per heavy atom. The van der Waals surface area contributed by atoms with Crippen molar-refractivity contribution in [1.29, 1.82) is 0 Å². The van der Waals surface area contributed by atoms with Crippen LogP contribution in [-0.4, -0.2) is 61.6 Å². The highest BCUT2D eigenvalue weighted by molar-refractivity contribution is 5.78. The lowest BCUT2D eigenvalue weighted by Gasteiger charge is -2.33. The Kier molecular flexibility index (Phi) is 6.65. The van der Waals surface area contributed by atoms with Gasteiger partial charge in [0, 0.05) is 26.2 Å². The number of hydrogen-bond donors (Lipinski definition) is 0. The minimum absolute atomic E-state index is 0.277. The van der Waals surface area contributed by atoms with E-state index < -0.39 is 0 Å². The van der Waals surface area contributed by atoms with Crippen molar-refractivity contribution in [2.24, 2.45) is 5.92 Å². The maximum atomic E-state index is 12.4. The van der Waals surface area contributed by atoms with Crippen LogP contribution in [0.5, 0.6) is 0 Å². The standard InChI is InChI=1S/C21H30N2O2/c1-2-18-3-5-19(6-4-18)7-8-20-9-11-23(12-10-20)21(24)17-22-13-15-25-16-14-22/h3-8,20H,2,9-17H2,1H3. The second kappa shape index (κ2) is 9.16. The van der Waals surface area contributed by atoms with Gasteiger partial charge in [0.05, 0.1) is 19.8 Å². The number of piperidine rings is 1. The number of benzene rings is 1. The number of rotatable bonds is 5. The second-order valence-corrected chi connectivity index (χ2v) is 7.06. The van der Waals surface area contributed by atoms with Gasteiger partial charge in [0.15, 0.2) is 0 Å². The Morgan fingerprint density at radius 3 is 2.44 bits per heavy atom. The summed E-state index contributed by atoms with van der Waals surface area (Å²) in [5, 5.41) is 0. The van der Waals surface area contributed by atoms with E-state index in [2.05, 4.69) is 48.2 Å². The Labute approximate surface area is 151 Å². The van der Waals surface area contributed by atoms with Crippen LogP contribution >= 0.6 is 0 Å². The zero-order valence-corrected chi connectivity index (χ0v) is 15.3. The molecule has 0 N–H and O–H groups in total. The van der Waals surface area contributed by atoms with Crippen LogP contribution in [0.25, 0.3) is 6.08 Å². The van der Waals surface area contributed by atoms with Crippen LogP contribution in [0, 0.1) is 5.92 Å². The molecule has 4 nitrogen and oxygen atoms in total. The van der Waals surface area contributed by atoms with E-state index in [-0.39, 0.29) is 5.91 Å². The number of allylic oxidation sites excluding steroid dienone is 1. The molecular weight excluding hydrogens is 312 g/mol. The van der Waals surface area contributed by atoms with E-state index in [0.717, 1.165) is 58.7 Å². The van der Waals surface area contributed by atoms with Gasteiger partial charge in [-0.1, -0.05) is 43.3 Å². The summed E-state index contributed by atoms with van der Waals surface area (Å²) in [4.78, 5) is 16.7. The average Bonchev–Trinajstić information content (AvgIpc) is 2.68. The van der Waals surface area contributed by atoms with Crippen molar-refractivity contribution in [1.82, 2.24) is 9.80 Å². The molecule has 25 heavy (non-hydrogen) atoms. The lowest BCUT2D eigenvalue weighted by atomic mass is 9.95. The third kappa shape index (κ3) is 5.41. The first-order chi connectivity index (χ1) is 12.2. The summed E-state index contributed by atoms with van der Waals surface area (Å²) < 4.78 is 5.34. The Bertz CT molecular complexity index is 568. The number of morpholine rings is 1. The number of aryl methyl sites for hydroxylation is 1. The van der Waals surface area contributed by atoms with Crippen LogP contribution in [0.4, 0.5) is 0 Å². The van der Waals surface area contributed by atoms with E-state index in [9.17, 15) is 4.79 Å². The van der Waals surface area contributed by atoms with Gasteiger partial charge in [0.1, 0.15) is 0 Å². The first-order valence-corrected chi connectivity index (χ1v) is 9.59. The van der Waals surface area contributed by atoms with Crippen molar-refractivity contribution in [2.45, 2.75) is 26.2 Å². The number of ether oxygens (including phenoxy) is 1. The fourth-order valence-electron chi connectivity index (χ4n) is 3.50. The predicted molar refractivity (Wildman–Crippen MR) is 101 cm³/mol. The maximum absolute atomic E-state index is 12.4. The fourth-order valence-corrected chi connectivity index (χ4v) is 3.50. The van der Waals surface area contributed by atoms with Gasteiger partial charge in [-0.3, -0.25) is 9.69 Å². The van der Waals surface area contributed by atoms with Crippen LogP contribution in [0.3, 0.4) is 0 Å². The molecule has 0 saturated carbocycles. The summed E-state index contributed by atoms with van der Waals surface area (Å²) >= 11 is 0. The molecule has 1 amide bonds. The number of amides is 1. The number of likely N-dealkylation sites (tertiary alicyclic amines) is 1. The molecule has 2 aliphatic rings. The molecule has 1 aromatic carbocycles. The number of carbonyl (C=O) groups is 1. The van der Waals surface area contributed by atoms with Gasteiger partial charge in [0.25, 0.3) is 0 Å². The number of hydrogen-bond acceptors (Lipinski definition) is 3. The SMILES string of the molecule is CCc1ccc(C=CC2CCN(C(=O)CN3CCOCC3)CC2)cc1. The molecule has 2 heterocycles. The summed E-state index contributed by atoms with van der Waals surface area (Å²) in [5.74, 6) is 0.859. The van der Waals surface area contributed by atoms with Crippen molar-refractivity contribution >= 4 is 12.0 Å². The summed E-state index contributed by atoms with van der Waals surface area (Å²) in [6.07, 6.45) is 7.78. The van der Waals surface area contributed by atoms with Crippen LogP contribution in [-0.2, 0) is 16.0 Å². The summed E-state index contributed by atoms with van der Waals surface area (Å²) in [6.45, 7) is 7.74. The quantitative estimate of drug-likeness (QED) is 0.825. The predicted octanol–water partition coefficient (Wildman–Crippen LogP) is 2.83. The Hall–Kier alpha value is -1.65. The normalized spacial score (nSPS) is 20.3. The lowest BCUT2D eigenvalue weighted by Crippen LogP contribution is -2.46. The van der Waals surface area contributed by atoms with Gasteiger partial charge in [0.2, 0.25) is 5.91 Å². The van der Waals surface area contributed by atoms with Crippen molar-refractivity contribution < 1.29 is 9.53 Å². The van der Waals surface area contributed by atoms with E-state index in [0.29, 0.717) is 12.5 Å². The first kappa shape index (κ1) is 18.2.